The molecule has 2 aromatic rings. The molecular weight excluding hydrogens is 258 g/mol. The molecule has 0 amide bonds. The van der Waals surface area contributed by atoms with E-state index in [0.717, 1.165) is 24.3 Å². The monoisotopic (exact) mass is 275 g/mol. The lowest BCUT2D eigenvalue weighted by Crippen LogP contribution is -2.37. The standard InChI is InChI=1S/C12H17N7O/c1-18-8-9(7-14-18)10-6-11(17-13)16-12(15-10)19-2-4-20-5-3-19/h6-8H,2-5,13H2,1H3,(H,15,16,17). The third kappa shape index (κ3) is 2.56. The van der Waals surface area contributed by atoms with Crippen LogP contribution in [0.5, 0.6) is 0 Å². The number of hydrogen-bond donors (Lipinski definition) is 2. The second-order valence-corrected chi connectivity index (χ2v) is 4.58. The molecule has 0 bridgehead atoms. The van der Waals surface area contributed by atoms with Gasteiger partial charge in [0.2, 0.25) is 5.95 Å². The Kier molecular flexibility index (Phi) is 3.48. The Balaban J connectivity index is 1.97. The number of anilines is 2. The van der Waals surface area contributed by atoms with Crippen LogP contribution in [0.3, 0.4) is 0 Å². The van der Waals surface area contributed by atoms with Crippen LogP contribution in [0, 0.1) is 0 Å². The minimum atomic E-state index is 0.584. The molecule has 2 aromatic heterocycles. The molecule has 3 rings (SSSR count). The summed E-state index contributed by atoms with van der Waals surface area (Å²) in [5, 5.41) is 4.16. The summed E-state index contributed by atoms with van der Waals surface area (Å²) in [5.74, 6) is 6.73. The van der Waals surface area contributed by atoms with Crippen molar-refractivity contribution in [1.82, 2.24) is 19.7 Å². The molecule has 1 saturated heterocycles. The molecule has 20 heavy (non-hydrogen) atoms. The number of nitrogens with one attached hydrogen (secondary N) is 1. The summed E-state index contributed by atoms with van der Waals surface area (Å²) in [4.78, 5) is 11.1. The Morgan fingerprint density at radius 2 is 2.10 bits per heavy atom. The highest BCUT2D eigenvalue weighted by Crippen LogP contribution is 2.22. The smallest absolute Gasteiger partial charge is 0.228 e. The fraction of sp³-hybridized carbons (Fsp3) is 0.417. The second kappa shape index (κ2) is 5.43. The van der Waals surface area contributed by atoms with Gasteiger partial charge in [0.1, 0.15) is 5.82 Å². The zero-order chi connectivity index (χ0) is 13.9. The Labute approximate surface area is 116 Å². The van der Waals surface area contributed by atoms with E-state index in [2.05, 4.69) is 25.4 Å². The molecule has 3 heterocycles. The number of nitrogens with zero attached hydrogens (tertiary/aromatic N) is 5. The first-order valence-electron chi connectivity index (χ1n) is 6.43. The van der Waals surface area contributed by atoms with E-state index in [-0.39, 0.29) is 0 Å². The Bertz CT molecular complexity index is 591. The van der Waals surface area contributed by atoms with Crippen molar-refractivity contribution in [2.75, 3.05) is 36.6 Å². The molecule has 0 radical (unpaired) electrons. The van der Waals surface area contributed by atoms with Gasteiger partial charge in [-0.25, -0.2) is 10.8 Å². The largest absolute Gasteiger partial charge is 0.378 e. The van der Waals surface area contributed by atoms with Gasteiger partial charge >= 0.3 is 0 Å². The Hall–Kier alpha value is -2.19. The van der Waals surface area contributed by atoms with Gasteiger partial charge in [-0.2, -0.15) is 10.1 Å². The van der Waals surface area contributed by atoms with Crippen LogP contribution in [0.2, 0.25) is 0 Å². The summed E-state index contributed by atoms with van der Waals surface area (Å²) in [6, 6.07) is 1.81. The quantitative estimate of drug-likeness (QED) is 0.601. The molecule has 1 fully saturated rings. The lowest BCUT2D eigenvalue weighted by molar-refractivity contribution is 0.122. The number of nitrogens with two attached hydrogens (primary N) is 1. The van der Waals surface area contributed by atoms with E-state index in [1.54, 1.807) is 16.9 Å². The van der Waals surface area contributed by atoms with Crippen LogP contribution in [0.25, 0.3) is 11.3 Å². The molecule has 0 spiro atoms. The zero-order valence-corrected chi connectivity index (χ0v) is 11.3. The van der Waals surface area contributed by atoms with Crippen molar-refractivity contribution >= 4 is 11.8 Å². The zero-order valence-electron chi connectivity index (χ0n) is 11.3. The summed E-state index contributed by atoms with van der Waals surface area (Å²) >= 11 is 0. The predicted molar refractivity (Wildman–Crippen MR) is 75.1 cm³/mol. The fourth-order valence-corrected chi connectivity index (χ4v) is 2.11. The summed E-state index contributed by atoms with van der Waals surface area (Å²) in [6.45, 7) is 2.93. The van der Waals surface area contributed by atoms with Gasteiger partial charge in [-0.05, 0) is 0 Å². The van der Waals surface area contributed by atoms with Crippen LogP contribution >= 0.6 is 0 Å². The third-order valence-electron chi connectivity index (χ3n) is 3.16. The van der Waals surface area contributed by atoms with Gasteiger partial charge in [0.15, 0.2) is 0 Å². The number of morpholine rings is 1. The van der Waals surface area contributed by atoms with Crippen molar-refractivity contribution < 1.29 is 4.74 Å². The summed E-state index contributed by atoms with van der Waals surface area (Å²) in [5.41, 5.74) is 4.31. The topological polar surface area (TPSA) is 94.1 Å². The van der Waals surface area contributed by atoms with Crippen molar-refractivity contribution in [3.05, 3.63) is 18.5 Å². The maximum Gasteiger partial charge on any atom is 0.228 e. The van der Waals surface area contributed by atoms with Crippen LogP contribution in [-0.4, -0.2) is 46.1 Å². The molecule has 1 aliphatic heterocycles. The van der Waals surface area contributed by atoms with E-state index in [9.17, 15) is 0 Å². The number of hydrazine groups is 1. The maximum absolute atomic E-state index is 5.50. The predicted octanol–water partition coefficient (Wildman–Crippen LogP) is -0.000700. The molecule has 0 atom stereocenters. The first kappa shape index (κ1) is 12.8. The molecule has 0 aliphatic carbocycles. The number of nitrogen functional groups attached to an aromatic ring is 1. The van der Waals surface area contributed by atoms with Crippen molar-refractivity contribution in [3.8, 4) is 11.3 Å². The van der Waals surface area contributed by atoms with Gasteiger partial charge in [-0.15, -0.1) is 0 Å². The van der Waals surface area contributed by atoms with Gasteiger partial charge in [0.25, 0.3) is 0 Å². The fourth-order valence-electron chi connectivity index (χ4n) is 2.11. The van der Waals surface area contributed by atoms with E-state index in [1.165, 1.54) is 0 Å². The number of rotatable bonds is 3. The Morgan fingerprint density at radius 3 is 2.75 bits per heavy atom. The van der Waals surface area contributed by atoms with Crippen LogP contribution in [-0.2, 0) is 11.8 Å². The lowest BCUT2D eigenvalue weighted by atomic mass is 10.2. The van der Waals surface area contributed by atoms with Gasteiger partial charge < -0.3 is 15.1 Å². The van der Waals surface area contributed by atoms with Gasteiger partial charge in [-0.1, -0.05) is 0 Å². The van der Waals surface area contributed by atoms with E-state index in [1.807, 2.05) is 13.2 Å². The van der Waals surface area contributed by atoms with Gasteiger partial charge in [0, 0.05) is 38.0 Å². The summed E-state index contributed by atoms with van der Waals surface area (Å²) in [6.07, 6.45) is 3.68. The molecule has 0 saturated carbocycles. The van der Waals surface area contributed by atoms with Gasteiger partial charge in [0.05, 0.1) is 25.1 Å². The average molecular weight is 275 g/mol. The first-order valence-corrected chi connectivity index (χ1v) is 6.43. The van der Waals surface area contributed by atoms with Crippen LogP contribution in [0.1, 0.15) is 0 Å². The molecule has 106 valence electrons. The van der Waals surface area contributed by atoms with Crippen molar-refractivity contribution in [2.45, 2.75) is 0 Å². The van der Waals surface area contributed by atoms with Crippen LogP contribution in [0.15, 0.2) is 18.5 Å². The normalized spacial score (nSPS) is 15.4. The van der Waals surface area contributed by atoms with E-state index in [4.69, 9.17) is 10.6 Å². The highest BCUT2D eigenvalue weighted by Gasteiger charge is 2.16. The Morgan fingerprint density at radius 1 is 1.30 bits per heavy atom. The summed E-state index contributed by atoms with van der Waals surface area (Å²) in [7, 11) is 1.87. The number of hydrogen-bond acceptors (Lipinski definition) is 7. The molecule has 0 aromatic carbocycles. The molecular formula is C12H17N7O. The lowest BCUT2D eigenvalue weighted by Gasteiger charge is -2.27. The number of ether oxygens (including phenoxy) is 1. The molecule has 8 nitrogen and oxygen atoms in total. The average Bonchev–Trinajstić information content (AvgIpc) is 2.94. The number of aryl methyl sites for hydroxylation is 1. The van der Waals surface area contributed by atoms with Gasteiger partial charge in [-0.3, -0.25) is 4.68 Å². The minimum absolute atomic E-state index is 0.584. The van der Waals surface area contributed by atoms with E-state index >= 15 is 0 Å². The van der Waals surface area contributed by atoms with Crippen molar-refractivity contribution in [1.29, 1.82) is 0 Å². The molecule has 8 heteroatoms. The molecule has 0 unspecified atom stereocenters. The van der Waals surface area contributed by atoms with E-state index in [0.29, 0.717) is 25.0 Å². The van der Waals surface area contributed by atoms with E-state index < -0.39 is 0 Å². The van der Waals surface area contributed by atoms with Crippen molar-refractivity contribution in [2.24, 2.45) is 12.9 Å². The van der Waals surface area contributed by atoms with Crippen LogP contribution < -0.4 is 16.2 Å². The molecule has 3 N–H and O–H groups in total. The highest BCUT2D eigenvalue weighted by atomic mass is 16.5. The minimum Gasteiger partial charge on any atom is -0.378 e. The SMILES string of the molecule is Cn1cc(-c2cc(NN)nc(N3CCOCC3)n2)cn1. The third-order valence-corrected chi connectivity index (χ3v) is 3.16. The van der Waals surface area contributed by atoms with Crippen molar-refractivity contribution in [3.63, 3.8) is 0 Å². The number of aromatic nitrogens is 4. The molecule has 1 aliphatic rings. The second-order valence-electron chi connectivity index (χ2n) is 4.58. The maximum atomic E-state index is 5.50. The highest BCUT2D eigenvalue weighted by molar-refractivity contribution is 5.63. The summed E-state index contributed by atoms with van der Waals surface area (Å²) < 4.78 is 7.08. The first-order chi connectivity index (χ1) is 9.76. The van der Waals surface area contributed by atoms with Crippen LogP contribution in [0.4, 0.5) is 11.8 Å².